The van der Waals surface area contributed by atoms with Crippen LogP contribution in [0.4, 0.5) is 0 Å². The number of halogens is 1. The second-order valence-electron chi connectivity index (χ2n) is 3.28. The van der Waals surface area contributed by atoms with Crippen LogP contribution in [-0.4, -0.2) is 13.6 Å². The summed E-state index contributed by atoms with van der Waals surface area (Å²) in [5.41, 5.74) is 0.987. The molecule has 84 valence electrons. The quantitative estimate of drug-likeness (QED) is 0.748. The normalized spacial score (nSPS) is 17.9. The molecule has 16 heavy (non-hydrogen) atoms. The molecule has 0 unspecified atom stereocenters. The van der Waals surface area contributed by atoms with Gasteiger partial charge in [0.15, 0.2) is 0 Å². The van der Waals surface area contributed by atoms with Crippen LogP contribution >= 0.6 is 15.9 Å². The maximum absolute atomic E-state index is 11.5. The van der Waals surface area contributed by atoms with Crippen LogP contribution in [0.5, 0.6) is 5.75 Å². The van der Waals surface area contributed by atoms with Crippen LogP contribution in [0.2, 0.25) is 0 Å². The number of hydrogen-bond donors (Lipinski definition) is 0. The van der Waals surface area contributed by atoms with Crippen molar-refractivity contribution in [1.29, 1.82) is 0 Å². The van der Waals surface area contributed by atoms with Crippen LogP contribution in [0, 0.1) is 6.92 Å². The predicted octanol–water partition coefficient (Wildman–Crippen LogP) is 2.35. The third kappa shape index (κ3) is 2.33. The van der Waals surface area contributed by atoms with E-state index in [-0.39, 0.29) is 9.84 Å². The van der Waals surface area contributed by atoms with Crippen molar-refractivity contribution in [1.82, 2.24) is 0 Å². The van der Waals surface area contributed by atoms with Gasteiger partial charge in [-0.2, -0.15) is 4.99 Å². The van der Waals surface area contributed by atoms with E-state index in [9.17, 15) is 8.42 Å². The van der Waals surface area contributed by atoms with Crippen molar-refractivity contribution < 1.29 is 13.2 Å². The highest BCUT2D eigenvalue weighted by molar-refractivity contribution is 9.11. The van der Waals surface area contributed by atoms with Crippen LogP contribution in [0.25, 0.3) is 0 Å². The minimum Gasteiger partial charge on any atom is -0.430 e. The van der Waals surface area contributed by atoms with Crippen LogP contribution in [-0.2, 0) is 9.84 Å². The van der Waals surface area contributed by atoms with Gasteiger partial charge in [-0.3, -0.25) is 0 Å². The first-order valence-corrected chi connectivity index (χ1v) is 6.77. The summed E-state index contributed by atoms with van der Waals surface area (Å²) in [6.07, 6.45) is 0. The van der Waals surface area contributed by atoms with E-state index in [2.05, 4.69) is 20.9 Å². The molecule has 0 aromatic heterocycles. The van der Waals surface area contributed by atoms with Gasteiger partial charge in [0.05, 0.1) is 5.41 Å². The zero-order chi connectivity index (χ0) is 11.8. The smallest absolute Gasteiger partial charge is 0.320 e. The average molecular weight is 302 g/mol. The van der Waals surface area contributed by atoms with Gasteiger partial charge in [-0.05, 0) is 40.5 Å². The maximum Gasteiger partial charge on any atom is 0.320 e. The molecule has 0 bridgehead atoms. The molecular weight excluding hydrogens is 294 g/mol. The Bertz CT molecular complexity index is 590. The molecule has 0 spiro atoms. The molecule has 0 N–H and O–H groups in total. The molecule has 0 amide bonds. The third-order valence-corrected chi connectivity index (χ3v) is 3.79. The largest absolute Gasteiger partial charge is 0.430 e. The van der Waals surface area contributed by atoms with Crippen LogP contribution in [0.1, 0.15) is 5.56 Å². The van der Waals surface area contributed by atoms with Gasteiger partial charge >= 0.3 is 5.23 Å². The van der Waals surface area contributed by atoms with Crippen LogP contribution in [0.3, 0.4) is 0 Å². The van der Waals surface area contributed by atoms with Crippen LogP contribution in [0.15, 0.2) is 39.3 Å². The summed E-state index contributed by atoms with van der Waals surface area (Å²) >= 11 is 3.00. The first-order valence-electron chi connectivity index (χ1n) is 4.43. The summed E-state index contributed by atoms with van der Waals surface area (Å²) in [5, 5.41) is 0.711. The molecule has 1 aliphatic rings. The van der Waals surface area contributed by atoms with Crippen molar-refractivity contribution in [3.8, 4) is 5.75 Å². The standard InChI is InChI=1S/C10H8BrNO3S/c1-7-3-2-4-8(5-7)15-10-12-9(11)6-16(10,13)14/h2-6H,1H3. The average Bonchev–Trinajstić information content (AvgIpc) is 2.39. The zero-order valence-electron chi connectivity index (χ0n) is 8.34. The minimum atomic E-state index is -3.53. The second-order valence-corrected chi connectivity index (χ2v) is 5.77. The van der Waals surface area contributed by atoms with E-state index in [4.69, 9.17) is 4.74 Å². The number of hydrogen-bond acceptors (Lipinski definition) is 4. The number of nitrogens with zero attached hydrogens (tertiary/aromatic N) is 1. The molecule has 1 aromatic rings. The van der Waals surface area contributed by atoms with Crippen molar-refractivity contribution in [3.05, 3.63) is 39.8 Å². The predicted molar refractivity (Wildman–Crippen MR) is 65.2 cm³/mol. The lowest BCUT2D eigenvalue weighted by Gasteiger charge is -2.04. The Morgan fingerprint density at radius 3 is 2.69 bits per heavy atom. The number of aryl methyl sites for hydroxylation is 1. The molecule has 0 aliphatic carbocycles. The Hall–Kier alpha value is -1.14. The highest BCUT2D eigenvalue weighted by Crippen LogP contribution is 2.22. The molecule has 0 saturated heterocycles. The number of ether oxygens (including phenoxy) is 1. The Labute approximate surface area is 102 Å². The molecule has 0 saturated carbocycles. The van der Waals surface area contributed by atoms with Crippen molar-refractivity contribution in [2.45, 2.75) is 6.92 Å². The van der Waals surface area contributed by atoms with Gasteiger partial charge in [-0.15, -0.1) is 0 Å². The number of aliphatic imine (C=N–C) groups is 1. The topological polar surface area (TPSA) is 55.7 Å². The van der Waals surface area contributed by atoms with Crippen molar-refractivity contribution in [2.24, 2.45) is 4.99 Å². The number of sulfone groups is 1. The Morgan fingerprint density at radius 2 is 2.12 bits per heavy atom. The monoisotopic (exact) mass is 301 g/mol. The van der Waals surface area contributed by atoms with E-state index in [0.29, 0.717) is 5.75 Å². The summed E-state index contributed by atoms with van der Waals surface area (Å²) in [5.74, 6) is 0.456. The summed E-state index contributed by atoms with van der Waals surface area (Å²) in [6.45, 7) is 1.89. The lowest BCUT2D eigenvalue weighted by atomic mass is 10.2. The van der Waals surface area contributed by atoms with Crippen LogP contribution < -0.4 is 4.74 Å². The highest BCUT2D eigenvalue weighted by atomic mass is 79.9. The van der Waals surface area contributed by atoms with E-state index in [1.54, 1.807) is 18.2 Å². The number of benzene rings is 1. The molecule has 0 radical (unpaired) electrons. The van der Waals surface area contributed by atoms with Crippen molar-refractivity contribution >= 4 is 31.0 Å². The Morgan fingerprint density at radius 1 is 1.38 bits per heavy atom. The van der Waals surface area contributed by atoms with Crippen molar-refractivity contribution in [2.75, 3.05) is 0 Å². The third-order valence-electron chi connectivity index (χ3n) is 1.89. The van der Waals surface area contributed by atoms with Gasteiger partial charge < -0.3 is 4.74 Å². The molecular formula is C10H8BrNO3S. The molecule has 2 rings (SSSR count). The molecule has 1 heterocycles. The van der Waals surface area contributed by atoms with E-state index < -0.39 is 9.84 Å². The van der Waals surface area contributed by atoms with E-state index in [1.165, 1.54) is 0 Å². The fourth-order valence-corrected chi connectivity index (χ4v) is 3.08. The molecule has 0 atom stereocenters. The number of rotatable bonds is 1. The zero-order valence-corrected chi connectivity index (χ0v) is 10.7. The first-order chi connectivity index (χ1) is 7.47. The SMILES string of the molecule is Cc1cccc(OC2=NC(Br)=CS2(=O)=O)c1. The Kier molecular flexibility index (Phi) is 2.86. The highest BCUT2D eigenvalue weighted by Gasteiger charge is 2.26. The van der Waals surface area contributed by atoms with E-state index in [1.807, 2.05) is 13.0 Å². The van der Waals surface area contributed by atoms with Gasteiger partial charge in [0, 0.05) is 0 Å². The molecule has 4 nitrogen and oxygen atoms in total. The molecule has 0 fully saturated rings. The van der Waals surface area contributed by atoms with E-state index >= 15 is 0 Å². The summed E-state index contributed by atoms with van der Waals surface area (Å²) in [4.78, 5) is 3.75. The van der Waals surface area contributed by atoms with Gasteiger partial charge in [-0.25, -0.2) is 8.42 Å². The second kappa shape index (κ2) is 4.03. The van der Waals surface area contributed by atoms with Crippen molar-refractivity contribution in [3.63, 3.8) is 0 Å². The molecule has 6 heteroatoms. The minimum absolute atomic E-state index is 0.246. The fraction of sp³-hybridized carbons (Fsp3) is 0.100. The fourth-order valence-electron chi connectivity index (χ4n) is 1.22. The first kappa shape index (κ1) is 11.3. The van der Waals surface area contributed by atoms with Gasteiger partial charge in [0.2, 0.25) is 0 Å². The summed E-state index contributed by atoms with van der Waals surface area (Å²) in [7, 11) is -3.53. The van der Waals surface area contributed by atoms with Gasteiger partial charge in [-0.1, -0.05) is 12.1 Å². The lowest BCUT2D eigenvalue weighted by Crippen LogP contribution is -2.16. The summed E-state index contributed by atoms with van der Waals surface area (Å²) in [6, 6.07) is 7.10. The Balaban J connectivity index is 2.28. The van der Waals surface area contributed by atoms with Gasteiger partial charge in [0.1, 0.15) is 10.4 Å². The maximum atomic E-state index is 11.5. The summed E-state index contributed by atoms with van der Waals surface area (Å²) < 4.78 is 28.5. The van der Waals surface area contributed by atoms with E-state index in [0.717, 1.165) is 11.0 Å². The molecule has 1 aromatic carbocycles. The molecule has 1 aliphatic heterocycles. The van der Waals surface area contributed by atoms with Gasteiger partial charge in [0.25, 0.3) is 9.84 Å². The lowest BCUT2D eigenvalue weighted by molar-refractivity contribution is 0.549.